The average molecular weight is 308 g/mol. The minimum atomic E-state index is -0.426. The number of rotatable bonds is 4. The van der Waals surface area contributed by atoms with Gasteiger partial charge in [0.2, 0.25) is 0 Å². The van der Waals surface area contributed by atoms with E-state index in [1.54, 1.807) is 11.8 Å². The molecule has 0 aliphatic heterocycles. The van der Waals surface area contributed by atoms with Crippen LogP contribution in [0.4, 0.5) is 10.5 Å². The average Bonchev–Trinajstić information content (AvgIpc) is 2.43. The van der Waals surface area contributed by atoms with Crippen LogP contribution in [0.25, 0.3) is 0 Å². The molecule has 3 N–H and O–H groups in total. The van der Waals surface area contributed by atoms with E-state index in [9.17, 15) is 9.90 Å². The molecule has 5 heteroatoms. The van der Waals surface area contributed by atoms with E-state index < -0.39 is 6.10 Å². The minimum absolute atomic E-state index is 0.135. The van der Waals surface area contributed by atoms with E-state index in [2.05, 4.69) is 24.5 Å². The third kappa shape index (κ3) is 4.93. The Morgan fingerprint density at radius 2 is 2.00 bits per heavy atom. The highest BCUT2D eigenvalue weighted by Gasteiger charge is 2.24. The molecule has 1 saturated carbocycles. The number of urea groups is 1. The van der Waals surface area contributed by atoms with Crippen molar-refractivity contribution < 1.29 is 9.90 Å². The van der Waals surface area contributed by atoms with Gasteiger partial charge in [0.15, 0.2) is 0 Å². The van der Waals surface area contributed by atoms with Crippen molar-refractivity contribution in [1.29, 1.82) is 0 Å². The van der Waals surface area contributed by atoms with Crippen LogP contribution in [0.1, 0.15) is 39.5 Å². The third-order valence-electron chi connectivity index (χ3n) is 3.54. The van der Waals surface area contributed by atoms with Crippen molar-refractivity contribution in [2.75, 3.05) is 5.32 Å². The Bertz CT molecular complexity index is 479. The van der Waals surface area contributed by atoms with E-state index >= 15 is 0 Å². The van der Waals surface area contributed by atoms with Crippen LogP contribution < -0.4 is 10.6 Å². The van der Waals surface area contributed by atoms with Crippen LogP contribution >= 0.6 is 11.8 Å². The molecule has 4 nitrogen and oxygen atoms in total. The van der Waals surface area contributed by atoms with Crippen molar-refractivity contribution in [3.8, 4) is 0 Å². The predicted molar refractivity (Wildman–Crippen MR) is 87.9 cm³/mol. The van der Waals surface area contributed by atoms with E-state index in [1.165, 1.54) is 0 Å². The summed E-state index contributed by atoms with van der Waals surface area (Å²) in [7, 11) is 0. The number of nitrogens with one attached hydrogen (secondary N) is 2. The number of para-hydroxylation sites is 1. The molecule has 1 aliphatic carbocycles. The molecule has 21 heavy (non-hydrogen) atoms. The lowest BCUT2D eigenvalue weighted by Crippen LogP contribution is -2.46. The van der Waals surface area contributed by atoms with Gasteiger partial charge in [-0.3, -0.25) is 0 Å². The lowest BCUT2D eigenvalue weighted by Gasteiger charge is -2.28. The first-order chi connectivity index (χ1) is 10.1. The van der Waals surface area contributed by atoms with Gasteiger partial charge in [0.25, 0.3) is 0 Å². The molecule has 2 atom stereocenters. The number of amides is 2. The Hall–Kier alpha value is -1.20. The summed E-state index contributed by atoms with van der Waals surface area (Å²) in [4.78, 5) is 13.2. The quantitative estimate of drug-likeness (QED) is 0.745. The first-order valence-corrected chi connectivity index (χ1v) is 8.45. The smallest absolute Gasteiger partial charge is 0.319 e. The summed E-state index contributed by atoms with van der Waals surface area (Å²) in [6.45, 7) is 4.25. The number of thioether (sulfide) groups is 1. The molecule has 1 aromatic rings. The number of benzene rings is 1. The SMILES string of the molecule is CC(C)Sc1ccccc1NC(=O)N[C@H]1CCCC[C@@H]1O. The van der Waals surface area contributed by atoms with Crippen molar-refractivity contribution in [2.45, 2.75) is 61.8 Å². The van der Waals surface area contributed by atoms with Crippen LogP contribution in [0.15, 0.2) is 29.2 Å². The zero-order valence-electron chi connectivity index (χ0n) is 12.6. The fraction of sp³-hybridized carbons (Fsp3) is 0.562. The fourth-order valence-corrected chi connectivity index (χ4v) is 3.44. The Morgan fingerprint density at radius 1 is 1.29 bits per heavy atom. The van der Waals surface area contributed by atoms with Gasteiger partial charge in [-0.1, -0.05) is 38.8 Å². The topological polar surface area (TPSA) is 61.4 Å². The van der Waals surface area contributed by atoms with Gasteiger partial charge in [-0.15, -0.1) is 11.8 Å². The number of aliphatic hydroxyl groups is 1. The van der Waals surface area contributed by atoms with Crippen LogP contribution in [0.5, 0.6) is 0 Å². The van der Waals surface area contributed by atoms with Crippen molar-refractivity contribution in [3.63, 3.8) is 0 Å². The highest BCUT2D eigenvalue weighted by molar-refractivity contribution is 8.00. The van der Waals surface area contributed by atoms with Crippen molar-refractivity contribution in [1.82, 2.24) is 5.32 Å². The molecule has 0 aromatic heterocycles. The van der Waals surface area contributed by atoms with Crippen LogP contribution in [0, 0.1) is 0 Å². The number of carbonyl (C=O) groups is 1. The standard InChI is InChI=1S/C16H24N2O2S/c1-11(2)21-15-10-6-4-8-13(15)18-16(20)17-12-7-3-5-9-14(12)19/h4,6,8,10-12,14,19H,3,5,7,9H2,1-2H3,(H2,17,18,20)/t12-,14-/m0/s1. The summed E-state index contributed by atoms with van der Waals surface area (Å²) >= 11 is 1.72. The Kier molecular flexibility index (Phi) is 5.94. The minimum Gasteiger partial charge on any atom is -0.391 e. The molecular weight excluding hydrogens is 284 g/mol. The Morgan fingerprint density at radius 3 is 2.71 bits per heavy atom. The molecule has 1 aromatic carbocycles. The fourth-order valence-electron chi connectivity index (χ4n) is 2.53. The van der Waals surface area contributed by atoms with Gasteiger partial charge in [0.05, 0.1) is 17.8 Å². The van der Waals surface area contributed by atoms with Gasteiger partial charge in [0.1, 0.15) is 0 Å². The number of carbonyl (C=O) groups excluding carboxylic acids is 1. The van der Waals surface area contributed by atoms with Gasteiger partial charge in [0, 0.05) is 10.1 Å². The Balaban J connectivity index is 1.96. The molecule has 116 valence electrons. The van der Waals surface area contributed by atoms with Crippen LogP contribution in [-0.4, -0.2) is 28.5 Å². The Labute approximate surface area is 130 Å². The molecule has 0 radical (unpaired) electrons. The van der Waals surface area contributed by atoms with E-state index in [1.807, 2.05) is 24.3 Å². The number of aliphatic hydroxyl groups excluding tert-OH is 1. The number of anilines is 1. The number of hydrogen-bond donors (Lipinski definition) is 3. The molecule has 2 amide bonds. The molecule has 0 spiro atoms. The molecule has 0 heterocycles. The zero-order chi connectivity index (χ0) is 15.2. The first-order valence-electron chi connectivity index (χ1n) is 7.57. The second-order valence-electron chi connectivity index (χ2n) is 5.72. The monoisotopic (exact) mass is 308 g/mol. The summed E-state index contributed by atoms with van der Waals surface area (Å²) < 4.78 is 0. The summed E-state index contributed by atoms with van der Waals surface area (Å²) in [5.41, 5.74) is 0.819. The molecule has 0 bridgehead atoms. The number of hydrogen-bond acceptors (Lipinski definition) is 3. The second-order valence-corrected chi connectivity index (χ2v) is 7.34. The van der Waals surface area contributed by atoms with Gasteiger partial charge in [-0.2, -0.15) is 0 Å². The molecule has 2 rings (SSSR count). The maximum Gasteiger partial charge on any atom is 0.319 e. The normalized spacial score (nSPS) is 22.1. The van der Waals surface area contributed by atoms with Crippen molar-refractivity contribution >= 4 is 23.5 Å². The van der Waals surface area contributed by atoms with Gasteiger partial charge in [-0.05, 0) is 25.0 Å². The van der Waals surface area contributed by atoms with E-state index in [-0.39, 0.29) is 12.1 Å². The third-order valence-corrected chi connectivity index (χ3v) is 4.63. The summed E-state index contributed by atoms with van der Waals surface area (Å²) in [6, 6.07) is 7.42. The maximum absolute atomic E-state index is 12.1. The largest absolute Gasteiger partial charge is 0.391 e. The summed E-state index contributed by atoms with van der Waals surface area (Å²) in [5.74, 6) is 0. The van der Waals surface area contributed by atoms with Crippen LogP contribution in [0.2, 0.25) is 0 Å². The lowest BCUT2D eigenvalue weighted by molar-refractivity contribution is 0.0955. The van der Waals surface area contributed by atoms with Crippen LogP contribution in [0.3, 0.4) is 0 Å². The van der Waals surface area contributed by atoms with Gasteiger partial charge < -0.3 is 15.7 Å². The highest BCUT2D eigenvalue weighted by Crippen LogP contribution is 2.30. The molecule has 1 aliphatic rings. The second kappa shape index (κ2) is 7.71. The van der Waals surface area contributed by atoms with Crippen LogP contribution in [-0.2, 0) is 0 Å². The molecule has 0 saturated heterocycles. The van der Waals surface area contributed by atoms with E-state index in [0.29, 0.717) is 5.25 Å². The highest BCUT2D eigenvalue weighted by atomic mass is 32.2. The maximum atomic E-state index is 12.1. The molecule has 1 fully saturated rings. The van der Waals surface area contributed by atoms with Gasteiger partial charge in [-0.25, -0.2) is 4.79 Å². The zero-order valence-corrected chi connectivity index (χ0v) is 13.5. The lowest BCUT2D eigenvalue weighted by atomic mass is 9.93. The van der Waals surface area contributed by atoms with Crippen molar-refractivity contribution in [3.05, 3.63) is 24.3 Å². The molecular formula is C16H24N2O2S. The van der Waals surface area contributed by atoms with Crippen molar-refractivity contribution in [2.24, 2.45) is 0 Å². The summed E-state index contributed by atoms with van der Waals surface area (Å²) in [6.07, 6.45) is 3.28. The first kappa shape index (κ1) is 16.2. The predicted octanol–water partition coefficient (Wildman–Crippen LogP) is 3.61. The van der Waals surface area contributed by atoms with E-state index in [0.717, 1.165) is 36.3 Å². The van der Waals surface area contributed by atoms with E-state index in [4.69, 9.17) is 0 Å². The summed E-state index contributed by atoms with van der Waals surface area (Å²) in [5, 5.41) is 16.2. The van der Waals surface area contributed by atoms with Gasteiger partial charge >= 0.3 is 6.03 Å². The molecule has 0 unspecified atom stereocenters.